The molecule has 5 nitrogen and oxygen atoms in total. The maximum absolute atomic E-state index is 12.0. The van der Waals surface area contributed by atoms with Gasteiger partial charge in [-0.05, 0) is 36.4 Å². The van der Waals surface area contributed by atoms with Gasteiger partial charge in [-0.15, -0.1) is 11.3 Å². The lowest BCUT2D eigenvalue weighted by molar-refractivity contribution is -0.116. The summed E-state index contributed by atoms with van der Waals surface area (Å²) in [7, 11) is 0. The van der Waals surface area contributed by atoms with Crippen molar-refractivity contribution in [1.82, 2.24) is 15.2 Å². The Morgan fingerprint density at radius 1 is 1.27 bits per heavy atom. The van der Waals surface area contributed by atoms with Crippen LogP contribution in [0.4, 0.5) is 5.69 Å². The van der Waals surface area contributed by atoms with Crippen molar-refractivity contribution in [2.45, 2.75) is 19.3 Å². The third-order valence-corrected chi connectivity index (χ3v) is 4.18. The third-order valence-electron chi connectivity index (χ3n) is 3.24. The molecule has 1 aromatic carbocycles. The van der Waals surface area contributed by atoms with Crippen LogP contribution in [-0.4, -0.2) is 21.1 Å². The van der Waals surface area contributed by atoms with Crippen LogP contribution in [0.25, 0.3) is 11.4 Å². The molecular formula is C16H16N4OS. The fourth-order valence-corrected chi connectivity index (χ4v) is 2.94. The molecule has 2 heterocycles. The summed E-state index contributed by atoms with van der Waals surface area (Å²) in [6.45, 7) is 0. The van der Waals surface area contributed by atoms with E-state index in [0.717, 1.165) is 24.1 Å². The molecule has 0 aliphatic rings. The van der Waals surface area contributed by atoms with Crippen molar-refractivity contribution in [3.63, 3.8) is 0 Å². The number of rotatable bonds is 6. The molecule has 6 heteroatoms. The molecule has 0 saturated heterocycles. The normalized spacial score (nSPS) is 10.5. The zero-order valence-electron chi connectivity index (χ0n) is 12.0. The second-order valence-corrected chi connectivity index (χ2v) is 5.93. The molecular weight excluding hydrogens is 296 g/mol. The van der Waals surface area contributed by atoms with Gasteiger partial charge < -0.3 is 5.32 Å². The molecule has 0 aliphatic carbocycles. The van der Waals surface area contributed by atoms with Crippen LogP contribution in [0.3, 0.4) is 0 Å². The SMILES string of the molecule is O=C(CCCc1cccs1)Nc1cccc(-c2ncn[nH]2)c1. The maximum atomic E-state index is 12.0. The fraction of sp³-hybridized carbons (Fsp3) is 0.188. The number of hydrogen-bond acceptors (Lipinski definition) is 4. The van der Waals surface area contributed by atoms with Crippen LogP contribution in [0.15, 0.2) is 48.1 Å². The van der Waals surface area contributed by atoms with Gasteiger partial charge in [0.1, 0.15) is 6.33 Å². The largest absolute Gasteiger partial charge is 0.326 e. The van der Waals surface area contributed by atoms with Gasteiger partial charge in [0.05, 0.1) is 0 Å². The monoisotopic (exact) mass is 312 g/mol. The number of aromatic nitrogens is 3. The Balaban J connectivity index is 1.54. The van der Waals surface area contributed by atoms with Crippen molar-refractivity contribution in [3.8, 4) is 11.4 Å². The van der Waals surface area contributed by atoms with Crippen LogP contribution in [0.5, 0.6) is 0 Å². The Labute approximate surface area is 132 Å². The highest BCUT2D eigenvalue weighted by Crippen LogP contribution is 2.19. The Hall–Kier alpha value is -2.47. The molecule has 112 valence electrons. The lowest BCUT2D eigenvalue weighted by Gasteiger charge is -2.06. The Bertz CT molecular complexity index is 722. The lowest BCUT2D eigenvalue weighted by atomic mass is 10.1. The molecule has 0 bridgehead atoms. The number of nitrogens with one attached hydrogen (secondary N) is 2. The Morgan fingerprint density at radius 3 is 3.00 bits per heavy atom. The standard InChI is InChI=1S/C16H16N4OS/c21-15(8-2-6-14-7-3-9-22-14)19-13-5-1-4-12(10-13)16-17-11-18-20-16/h1,3-5,7,9-11H,2,6,8H2,(H,19,21)(H,17,18,20). The molecule has 22 heavy (non-hydrogen) atoms. The van der Waals surface area contributed by atoms with Crippen molar-refractivity contribution in [3.05, 3.63) is 53.0 Å². The van der Waals surface area contributed by atoms with Crippen molar-refractivity contribution in [1.29, 1.82) is 0 Å². The number of anilines is 1. The van der Waals surface area contributed by atoms with Crippen molar-refractivity contribution in [2.24, 2.45) is 0 Å². The van der Waals surface area contributed by atoms with E-state index in [2.05, 4.69) is 31.9 Å². The van der Waals surface area contributed by atoms with E-state index >= 15 is 0 Å². The van der Waals surface area contributed by atoms with Crippen LogP contribution in [0.1, 0.15) is 17.7 Å². The molecule has 3 aromatic rings. The van der Waals surface area contributed by atoms with E-state index in [1.807, 2.05) is 30.3 Å². The predicted octanol–water partition coefficient (Wildman–Crippen LogP) is 3.49. The van der Waals surface area contributed by atoms with Crippen molar-refractivity contribution >= 4 is 22.9 Å². The van der Waals surface area contributed by atoms with Gasteiger partial charge in [0, 0.05) is 22.5 Å². The summed E-state index contributed by atoms with van der Waals surface area (Å²) in [5, 5.41) is 11.6. The molecule has 1 amide bonds. The number of benzene rings is 1. The highest BCUT2D eigenvalue weighted by Gasteiger charge is 2.06. The first kappa shape index (κ1) is 14.5. The molecule has 0 spiro atoms. The molecule has 3 rings (SSSR count). The summed E-state index contributed by atoms with van der Waals surface area (Å²) < 4.78 is 0. The van der Waals surface area contributed by atoms with E-state index < -0.39 is 0 Å². The number of aryl methyl sites for hydroxylation is 1. The van der Waals surface area contributed by atoms with E-state index in [1.54, 1.807) is 11.3 Å². The second kappa shape index (κ2) is 7.00. The van der Waals surface area contributed by atoms with E-state index in [-0.39, 0.29) is 5.91 Å². The molecule has 0 radical (unpaired) electrons. The average Bonchev–Trinajstić information content (AvgIpc) is 3.21. The van der Waals surface area contributed by atoms with E-state index in [4.69, 9.17) is 0 Å². The zero-order valence-corrected chi connectivity index (χ0v) is 12.8. The smallest absolute Gasteiger partial charge is 0.224 e. The number of thiophene rings is 1. The number of amides is 1. The summed E-state index contributed by atoms with van der Waals surface area (Å²) in [6, 6.07) is 11.7. The van der Waals surface area contributed by atoms with Crippen LogP contribution in [-0.2, 0) is 11.2 Å². The van der Waals surface area contributed by atoms with Crippen LogP contribution in [0, 0.1) is 0 Å². The number of carbonyl (C=O) groups excluding carboxylic acids is 1. The van der Waals surface area contributed by atoms with Gasteiger partial charge in [-0.25, -0.2) is 4.98 Å². The highest BCUT2D eigenvalue weighted by molar-refractivity contribution is 7.09. The van der Waals surface area contributed by atoms with Crippen LogP contribution < -0.4 is 5.32 Å². The summed E-state index contributed by atoms with van der Waals surface area (Å²) >= 11 is 1.73. The maximum Gasteiger partial charge on any atom is 0.224 e. The van der Waals surface area contributed by atoms with E-state index in [1.165, 1.54) is 11.2 Å². The first-order valence-corrected chi connectivity index (χ1v) is 7.97. The highest BCUT2D eigenvalue weighted by atomic mass is 32.1. The molecule has 2 N–H and O–H groups in total. The van der Waals surface area contributed by atoms with Crippen LogP contribution in [0.2, 0.25) is 0 Å². The third kappa shape index (κ3) is 3.79. The molecule has 0 saturated carbocycles. The number of carbonyl (C=O) groups is 1. The minimum atomic E-state index is 0.0336. The van der Waals surface area contributed by atoms with Crippen molar-refractivity contribution in [2.75, 3.05) is 5.32 Å². The lowest BCUT2D eigenvalue weighted by Crippen LogP contribution is -2.11. The Morgan fingerprint density at radius 2 is 2.23 bits per heavy atom. The Kier molecular flexibility index (Phi) is 4.60. The number of hydrogen-bond donors (Lipinski definition) is 2. The molecule has 0 aliphatic heterocycles. The molecule has 0 unspecified atom stereocenters. The summed E-state index contributed by atoms with van der Waals surface area (Å²) in [5.41, 5.74) is 1.67. The van der Waals surface area contributed by atoms with E-state index in [9.17, 15) is 4.79 Å². The number of H-pyrrole nitrogens is 1. The van der Waals surface area contributed by atoms with Gasteiger partial charge in [-0.3, -0.25) is 9.89 Å². The summed E-state index contributed by atoms with van der Waals surface area (Å²) in [4.78, 5) is 17.4. The predicted molar refractivity (Wildman–Crippen MR) is 87.7 cm³/mol. The zero-order chi connectivity index (χ0) is 15.2. The second-order valence-electron chi connectivity index (χ2n) is 4.90. The minimum Gasteiger partial charge on any atom is -0.326 e. The van der Waals surface area contributed by atoms with Crippen molar-refractivity contribution < 1.29 is 4.79 Å². The summed E-state index contributed by atoms with van der Waals surface area (Å²) in [5.74, 6) is 0.722. The average molecular weight is 312 g/mol. The molecule has 2 aromatic heterocycles. The van der Waals surface area contributed by atoms with Gasteiger partial charge >= 0.3 is 0 Å². The summed E-state index contributed by atoms with van der Waals surface area (Å²) in [6.07, 6.45) is 3.78. The first-order valence-electron chi connectivity index (χ1n) is 7.09. The van der Waals surface area contributed by atoms with Crippen LogP contribution >= 0.6 is 11.3 Å². The van der Waals surface area contributed by atoms with Gasteiger partial charge in [0.2, 0.25) is 5.91 Å². The number of nitrogens with zero attached hydrogens (tertiary/aromatic N) is 2. The topological polar surface area (TPSA) is 70.7 Å². The quantitative estimate of drug-likeness (QED) is 0.732. The molecule has 0 fully saturated rings. The molecule has 0 atom stereocenters. The van der Waals surface area contributed by atoms with Gasteiger partial charge in [0.15, 0.2) is 5.82 Å². The van der Waals surface area contributed by atoms with Gasteiger partial charge in [0.25, 0.3) is 0 Å². The van der Waals surface area contributed by atoms with E-state index in [0.29, 0.717) is 12.2 Å². The number of aromatic amines is 1. The minimum absolute atomic E-state index is 0.0336. The first-order chi connectivity index (χ1) is 10.8. The van der Waals surface area contributed by atoms with Gasteiger partial charge in [-0.2, -0.15) is 5.10 Å². The fourth-order valence-electron chi connectivity index (χ4n) is 2.19. The van der Waals surface area contributed by atoms with Gasteiger partial charge in [-0.1, -0.05) is 18.2 Å².